The zero-order valence-corrected chi connectivity index (χ0v) is 17.5. The minimum Gasteiger partial charge on any atom is -0.481 e. The Morgan fingerprint density at radius 3 is 1.90 bits per heavy atom. The maximum atomic E-state index is 12.5. The Morgan fingerprint density at radius 1 is 0.900 bits per heavy atom. The first-order valence-corrected chi connectivity index (χ1v) is 9.61. The number of aliphatic hydroxyl groups excluding tert-OH is 1. The third kappa shape index (κ3) is 9.18. The van der Waals surface area contributed by atoms with Crippen molar-refractivity contribution in [3.63, 3.8) is 0 Å². The third-order valence-corrected chi connectivity index (χ3v) is 4.63. The lowest BCUT2D eigenvalue weighted by atomic mass is 9.99. The Balaban J connectivity index is 5.17. The highest BCUT2D eigenvalue weighted by atomic mass is 16.4. The fourth-order valence-corrected chi connectivity index (χ4v) is 2.36. The molecule has 0 aliphatic rings. The number of nitrogens with one attached hydrogen (secondary N) is 3. The second-order valence-corrected chi connectivity index (χ2v) is 7.20. The maximum absolute atomic E-state index is 12.5. The first-order valence-electron chi connectivity index (χ1n) is 9.61. The smallest absolute Gasteiger partial charge is 0.326 e. The van der Waals surface area contributed by atoms with E-state index in [0.29, 0.717) is 6.42 Å². The Kier molecular flexibility index (Phi) is 11.6. The molecule has 12 heteroatoms. The number of carboxylic acids is 2. The highest BCUT2D eigenvalue weighted by molar-refractivity contribution is 5.94. The van der Waals surface area contributed by atoms with Crippen molar-refractivity contribution in [2.24, 2.45) is 11.7 Å². The molecule has 0 aliphatic heterocycles. The number of hydrogen-bond donors (Lipinski definition) is 7. The molecule has 172 valence electrons. The monoisotopic (exact) mass is 432 g/mol. The van der Waals surface area contributed by atoms with Crippen LogP contribution in [0.15, 0.2) is 0 Å². The van der Waals surface area contributed by atoms with E-state index in [1.165, 1.54) is 13.8 Å². The van der Waals surface area contributed by atoms with Gasteiger partial charge < -0.3 is 37.0 Å². The maximum Gasteiger partial charge on any atom is 0.326 e. The van der Waals surface area contributed by atoms with E-state index in [0.717, 1.165) is 0 Å². The van der Waals surface area contributed by atoms with Gasteiger partial charge in [0.2, 0.25) is 17.7 Å². The van der Waals surface area contributed by atoms with E-state index in [1.54, 1.807) is 13.8 Å². The van der Waals surface area contributed by atoms with Gasteiger partial charge in [-0.3, -0.25) is 19.2 Å². The molecule has 0 bridgehead atoms. The lowest BCUT2D eigenvalue weighted by Crippen LogP contribution is -2.58. The van der Waals surface area contributed by atoms with Gasteiger partial charge in [0.15, 0.2) is 0 Å². The normalized spacial score (nSPS) is 16.9. The molecule has 0 spiro atoms. The first kappa shape index (κ1) is 27.3. The van der Waals surface area contributed by atoms with Crippen LogP contribution in [-0.2, 0) is 24.0 Å². The minimum atomic E-state index is -1.34. The standard InChI is InChI=1S/C18H32N4O8/c1-5-8(2)14(18(29)30)22-15(26)9(3)20-16(27)11(6-7-12(24)25)21-17(28)13(19)10(4)23/h8-11,13-14,23H,5-7,19H2,1-4H3,(H,20,27)(H,21,28)(H,22,26)(H,24,25)(H,29,30). The summed E-state index contributed by atoms with van der Waals surface area (Å²) in [5, 5.41) is 34.4. The van der Waals surface area contributed by atoms with E-state index < -0.39 is 66.4 Å². The number of carbonyl (C=O) groups excluding carboxylic acids is 3. The molecule has 12 nitrogen and oxygen atoms in total. The lowest BCUT2D eigenvalue weighted by Gasteiger charge is -2.25. The average Bonchev–Trinajstić information content (AvgIpc) is 2.66. The number of carboxylic acid groups (broad SMARTS) is 2. The van der Waals surface area contributed by atoms with Crippen molar-refractivity contribution < 1.29 is 39.3 Å². The zero-order valence-electron chi connectivity index (χ0n) is 17.5. The van der Waals surface area contributed by atoms with Crippen molar-refractivity contribution in [3.8, 4) is 0 Å². The summed E-state index contributed by atoms with van der Waals surface area (Å²) in [5.41, 5.74) is 5.51. The van der Waals surface area contributed by atoms with Gasteiger partial charge in [-0.25, -0.2) is 4.79 Å². The van der Waals surface area contributed by atoms with Crippen molar-refractivity contribution in [1.82, 2.24) is 16.0 Å². The summed E-state index contributed by atoms with van der Waals surface area (Å²) in [6.45, 7) is 6.02. The van der Waals surface area contributed by atoms with Crippen molar-refractivity contribution in [2.45, 2.75) is 77.2 Å². The quantitative estimate of drug-likeness (QED) is 0.174. The highest BCUT2D eigenvalue weighted by Crippen LogP contribution is 2.08. The molecule has 0 radical (unpaired) electrons. The van der Waals surface area contributed by atoms with Gasteiger partial charge in [-0.15, -0.1) is 0 Å². The molecule has 6 unspecified atom stereocenters. The van der Waals surface area contributed by atoms with Crippen molar-refractivity contribution in [3.05, 3.63) is 0 Å². The van der Waals surface area contributed by atoms with Crippen LogP contribution in [0.3, 0.4) is 0 Å². The SMILES string of the molecule is CCC(C)C(NC(=O)C(C)NC(=O)C(CCC(=O)O)NC(=O)C(N)C(C)O)C(=O)O. The van der Waals surface area contributed by atoms with Crippen LogP contribution < -0.4 is 21.7 Å². The topological polar surface area (TPSA) is 208 Å². The number of nitrogens with two attached hydrogens (primary N) is 1. The van der Waals surface area contributed by atoms with Gasteiger partial charge in [0, 0.05) is 6.42 Å². The third-order valence-electron chi connectivity index (χ3n) is 4.63. The summed E-state index contributed by atoms with van der Waals surface area (Å²) in [6.07, 6.45) is -1.42. The Hall–Kier alpha value is -2.73. The Labute approximate surface area is 174 Å². The number of aliphatic hydroxyl groups is 1. The average molecular weight is 432 g/mol. The molecule has 0 aromatic rings. The molecular formula is C18H32N4O8. The van der Waals surface area contributed by atoms with Gasteiger partial charge >= 0.3 is 11.9 Å². The molecule has 8 N–H and O–H groups in total. The molecule has 0 aromatic heterocycles. The van der Waals surface area contributed by atoms with E-state index in [9.17, 15) is 34.2 Å². The van der Waals surface area contributed by atoms with Gasteiger partial charge in [0.05, 0.1) is 6.10 Å². The number of amides is 3. The van der Waals surface area contributed by atoms with Crippen molar-refractivity contribution in [2.75, 3.05) is 0 Å². The molecule has 3 amide bonds. The zero-order chi connectivity index (χ0) is 23.6. The second kappa shape index (κ2) is 12.8. The fraction of sp³-hybridized carbons (Fsp3) is 0.722. The number of aliphatic carboxylic acids is 2. The van der Waals surface area contributed by atoms with E-state index >= 15 is 0 Å². The predicted molar refractivity (Wildman–Crippen MR) is 105 cm³/mol. The van der Waals surface area contributed by atoms with Gasteiger partial charge in [-0.2, -0.15) is 0 Å². The molecule has 0 heterocycles. The second-order valence-electron chi connectivity index (χ2n) is 7.20. The van der Waals surface area contributed by atoms with Crippen LogP contribution in [0.5, 0.6) is 0 Å². The fourth-order valence-electron chi connectivity index (χ4n) is 2.36. The van der Waals surface area contributed by atoms with E-state index in [4.69, 9.17) is 10.8 Å². The number of hydrogen-bond acceptors (Lipinski definition) is 7. The minimum absolute atomic E-state index is 0.279. The largest absolute Gasteiger partial charge is 0.481 e. The van der Waals surface area contributed by atoms with Gasteiger partial charge in [0.1, 0.15) is 24.2 Å². The highest BCUT2D eigenvalue weighted by Gasteiger charge is 2.30. The van der Waals surface area contributed by atoms with Crippen LogP contribution in [0, 0.1) is 5.92 Å². The summed E-state index contributed by atoms with van der Waals surface area (Å²) < 4.78 is 0. The molecule has 0 saturated carbocycles. The van der Waals surface area contributed by atoms with Crippen LogP contribution >= 0.6 is 0 Å². The van der Waals surface area contributed by atoms with Crippen LogP contribution in [0.4, 0.5) is 0 Å². The molecule has 0 saturated heterocycles. The van der Waals surface area contributed by atoms with E-state index in [1.807, 2.05) is 0 Å². The molecule has 0 rings (SSSR count). The van der Waals surface area contributed by atoms with E-state index in [2.05, 4.69) is 16.0 Å². The summed E-state index contributed by atoms with van der Waals surface area (Å²) in [7, 11) is 0. The molecule has 6 atom stereocenters. The Morgan fingerprint density at radius 2 is 1.47 bits per heavy atom. The molecule has 0 aromatic carbocycles. The lowest BCUT2D eigenvalue weighted by molar-refractivity contribution is -0.143. The number of rotatable bonds is 13. The Bertz CT molecular complexity index is 640. The van der Waals surface area contributed by atoms with Crippen LogP contribution in [-0.4, -0.2) is 75.3 Å². The summed E-state index contributed by atoms with van der Waals surface area (Å²) in [5.74, 6) is -5.23. The van der Waals surface area contributed by atoms with E-state index in [-0.39, 0.29) is 12.3 Å². The number of carbonyl (C=O) groups is 5. The van der Waals surface area contributed by atoms with Crippen LogP contribution in [0.25, 0.3) is 0 Å². The van der Waals surface area contributed by atoms with Gasteiger partial charge in [-0.1, -0.05) is 20.3 Å². The summed E-state index contributed by atoms with van der Waals surface area (Å²) in [6, 6.07) is -4.96. The molecular weight excluding hydrogens is 400 g/mol. The van der Waals surface area contributed by atoms with Crippen molar-refractivity contribution >= 4 is 29.7 Å². The van der Waals surface area contributed by atoms with Crippen molar-refractivity contribution in [1.29, 1.82) is 0 Å². The summed E-state index contributed by atoms with van der Waals surface area (Å²) >= 11 is 0. The molecule has 0 fully saturated rings. The van der Waals surface area contributed by atoms with Gasteiger partial charge in [0.25, 0.3) is 0 Å². The van der Waals surface area contributed by atoms with Gasteiger partial charge in [-0.05, 0) is 26.2 Å². The first-order chi connectivity index (χ1) is 13.8. The predicted octanol–water partition coefficient (Wildman–Crippen LogP) is -1.84. The molecule has 30 heavy (non-hydrogen) atoms. The molecule has 0 aliphatic carbocycles. The summed E-state index contributed by atoms with van der Waals surface area (Å²) in [4.78, 5) is 59.0. The van der Waals surface area contributed by atoms with Crippen LogP contribution in [0.1, 0.15) is 47.0 Å². The van der Waals surface area contributed by atoms with Crippen LogP contribution in [0.2, 0.25) is 0 Å².